The van der Waals surface area contributed by atoms with Gasteiger partial charge in [-0.1, -0.05) is 19.8 Å². The summed E-state index contributed by atoms with van der Waals surface area (Å²) < 4.78 is 5.42. The summed E-state index contributed by atoms with van der Waals surface area (Å²) in [5.74, 6) is 2.49. The molecule has 2 N–H and O–H groups in total. The van der Waals surface area contributed by atoms with Crippen molar-refractivity contribution < 1.29 is 4.74 Å². The van der Waals surface area contributed by atoms with Gasteiger partial charge in [-0.15, -0.1) is 0 Å². The monoisotopic (exact) mass is 292 g/mol. The van der Waals surface area contributed by atoms with Crippen LogP contribution in [0.5, 0.6) is 0 Å². The fourth-order valence-electron chi connectivity index (χ4n) is 2.83. The van der Waals surface area contributed by atoms with Gasteiger partial charge in [-0.2, -0.15) is 0 Å². The molecule has 0 atom stereocenters. The third-order valence-corrected chi connectivity index (χ3v) is 4.07. The summed E-state index contributed by atoms with van der Waals surface area (Å²) in [6.07, 6.45) is 5.30. The lowest BCUT2D eigenvalue weighted by atomic mass is 9.89. The zero-order valence-corrected chi connectivity index (χ0v) is 13.5. The second-order valence-corrected chi connectivity index (χ2v) is 6.09. The van der Waals surface area contributed by atoms with Gasteiger partial charge < -0.3 is 15.4 Å². The van der Waals surface area contributed by atoms with Gasteiger partial charge in [0, 0.05) is 25.8 Å². The van der Waals surface area contributed by atoms with Gasteiger partial charge >= 0.3 is 0 Å². The third-order valence-electron chi connectivity index (χ3n) is 4.07. The van der Waals surface area contributed by atoms with Gasteiger partial charge in [-0.3, -0.25) is 0 Å². The Kier molecular flexibility index (Phi) is 5.79. The van der Waals surface area contributed by atoms with E-state index in [9.17, 15) is 0 Å². The molecule has 5 heteroatoms. The Balaban J connectivity index is 2.03. The molecule has 118 valence electrons. The first kappa shape index (κ1) is 16.0. The van der Waals surface area contributed by atoms with Crippen molar-refractivity contribution in [3.05, 3.63) is 11.9 Å². The van der Waals surface area contributed by atoms with Gasteiger partial charge in [0.05, 0.1) is 0 Å². The molecule has 1 aliphatic rings. The van der Waals surface area contributed by atoms with E-state index < -0.39 is 0 Å². The maximum atomic E-state index is 5.42. The molecule has 1 fully saturated rings. The summed E-state index contributed by atoms with van der Waals surface area (Å²) >= 11 is 0. The number of hydrogen-bond donors (Lipinski definition) is 2. The molecule has 1 aromatic rings. The summed E-state index contributed by atoms with van der Waals surface area (Å²) in [5, 5.41) is 6.75. The van der Waals surface area contributed by atoms with E-state index in [0.29, 0.717) is 18.6 Å². The van der Waals surface area contributed by atoms with Crippen molar-refractivity contribution >= 4 is 11.6 Å². The summed E-state index contributed by atoms with van der Waals surface area (Å²) in [7, 11) is 0. The molecule has 1 aliphatic carbocycles. The Bertz CT molecular complexity index is 444. The van der Waals surface area contributed by atoms with Crippen LogP contribution in [0.1, 0.15) is 52.3 Å². The van der Waals surface area contributed by atoms with Crippen molar-refractivity contribution in [1.29, 1.82) is 0 Å². The van der Waals surface area contributed by atoms with Crippen molar-refractivity contribution in [2.45, 2.75) is 53.1 Å². The van der Waals surface area contributed by atoms with Crippen LogP contribution < -0.4 is 10.6 Å². The molecule has 1 saturated carbocycles. The van der Waals surface area contributed by atoms with Gasteiger partial charge in [0.1, 0.15) is 18.2 Å². The number of aromatic nitrogens is 2. The van der Waals surface area contributed by atoms with E-state index in [1.54, 1.807) is 0 Å². The zero-order chi connectivity index (χ0) is 15.1. The predicted molar refractivity (Wildman–Crippen MR) is 86.6 cm³/mol. The number of anilines is 2. The lowest BCUT2D eigenvalue weighted by Crippen LogP contribution is -2.23. The fourth-order valence-corrected chi connectivity index (χ4v) is 2.83. The SMILES string of the molecule is CCNc1cc(NCC2(C)CCCC2)nc(COCC)n1. The molecule has 1 aromatic heterocycles. The highest BCUT2D eigenvalue weighted by molar-refractivity contribution is 5.47. The molecule has 5 nitrogen and oxygen atoms in total. The van der Waals surface area contributed by atoms with Crippen LogP contribution in [-0.4, -0.2) is 29.7 Å². The molecule has 0 saturated heterocycles. The molecule has 2 rings (SSSR count). The second kappa shape index (κ2) is 7.59. The molecule has 1 heterocycles. The van der Waals surface area contributed by atoms with Crippen LogP contribution in [0.15, 0.2) is 6.07 Å². The summed E-state index contributed by atoms with van der Waals surface area (Å²) in [4.78, 5) is 9.03. The normalized spacial score (nSPS) is 16.9. The fraction of sp³-hybridized carbons (Fsp3) is 0.750. The average molecular weight is 292 g/mol. The first-order valence-corrected chi connectivity index (χ1v) is 8.08. The van der Waals surface area contributed by atoms with Crippen LogP contribution >= 0.6 is 0 Å². The first-order valence-electron chi connectivity index (χ1n) is 8.08. The van der Waals surface area contributed by atoms with Crippen LogP contribution in [0.4, 0.5) is 11.6 Å². The van der Waals surface area contributed by atoms with Crippen molar-refractivity contribution in [3.8, 4) is 0 Å². The van der Waals surface area contributed by atoms with E-state index in [1.807, 2.05) is 13.0 Å². The van der Waals surface area contributed by atoms with Crippen LogP contribution in [0.25, 0.3) is 0 Å². The molecule has 0 unspecified atom stereocenters. The number of hydrogen-bond acceptors (Lipinski definition) is 5. The standard InChI is InChI=1S/C16H28N4O/c1-4-17-13-10-14(20-15(19-13)11-21-5-2)18-12-16(3)8-6-7-9-16/h10H,4-9,11-12H2,1-3H3,(H2,17,18,19,20). The molecular weight excluding hydrogens is 264 g/mol. The van der Waals surface area contributed by atoms with Crippen molar-refractivity contribution in [1.82, 2.24) is 9.97 Å². The number of nitrogens with one attached hydrogen (secondary N) is 2. The van der Waals surface area contributed by atoms with E-state index in [-0.39, 0.29) is 0 Å². The Hall–Kier alpha value is -1.36. The molecule has 0 spiro atoms. The lowest BCUT2D eigenvalue weighted by molar-refractivity contribution is 0.128. The highest BCUT2D eigenvalue weighted by Crippen LogP contribution is 2.37. The van der Waals surface area contributed by atoms with Crippen molar-refractivity contribution in [3.63, 3.8) is 0 Å². The van der Waals surface area contributed by atoms with E-state index in [2.05, 4.69) is 34.4 Å². The summed E-state index contributed by atoms with van der Waals surface area (Å²) in [5.41, 5.74) is 0.406. The van der Waals surface area contributed by atoms with Gasteiger partial charge in [0.2, 0.25) is 0 Å². The number of rotatable bonds is 8. The Morgan fingerprint density at radius 1 is 1.14 bits per heavy atom. The highest BCUT2D eigenvalue weighted by atomic mass is 16.5. The highest BCUT2D eigenvalue weighted by Gasteiger charge is 2.28. The van der Waals surface area contributed by atoms with Crippen molar-refractivity contribution in [2.75, 3.05) is 30.3 Å². The lowest BCUT2D eigenvalue weighted by Gasteiger charge is -2.24. The molecule has 0 aromatic carbocycles. The average Bonchev–Trinajstić information content (AvgIpc) is 2.91. The van der Waals surface area contributed by atoms with E-state index in [1.165, 1.54) is 25.7 Å². The van der Waals surface area contributed by atoms with Crippen LogP contribution in [0.3, 0.4) is 0 Å². The van der Waals surface area contributed by atoms with E-state index in [4.69, 9.17) is 4.74 Å². The zero-order valence-electron chi connectivity index (χ0n) is 13.5. The molecule has 0 aliphatic heterocycles. The minimum Gasteiger partial charge on any atom is -0.374 e. The molecular formula is C16H28N4O. The summed E-state index contributed by atoms with van der Waals surface area (Å²) in [6, 6.07) is 1.98. The van der Waals surface area contributed by atoms with Gasteiger partial charge in [-0.25, -0.2) is 9.97 Å². The maximum absolute atomic E-state index is 5.42. The molecule has 21 heavy (non-hydrogen) atoms. The van der Waals surface area contributed by atoms with Crippen LogP contribution in [0, 0.1) is 5.41 Å². The van der Waals surface area contributed by atoms with Crippen LogP contribution in [-0.2, 0) is 11.3 Å². The smallest absolute Gasteiger partial charge is 0.158 e. The summed E-state index contributed by atoms with van der Waals surface area (Å²) in [6.45, 7) is 9.37. The number of nitrogens with zero attached hydrogens (tertiary/aromatic N) is 2. The third kappa shape index (κ3) is 4.84. The minimum atomic E-state index is 0.406. The Morgan fingerprint density at radius 3 is 2.43 bits per heavy atom. The quantitative estimate of drug-likeness (QED) is 0.768. The predicted octanol–water partition coefficient (Wildman–Crippen LogP) is 3.44. The molecule has 0 bridgehead atoms. The van der Waals surface area contributed by atoms with E-state index >= 15 is 0 Å². The first-order chi connectivity index (χ1) is 10.1. The van der Waals surface area contributed by atoms with Gasteiger partial charge in [0.15, 0.2) is 5.82 Å². The molecule has 0 radical (unpaired) electrons. The van der Waals surface area contributed by atoms with Gasteiger partial charge in [-0.05, 0) is 32.1 Å². The molecule has 0 amide bonds. The Morgan fingerprint density at radius 2 is 1.81 bits per heavy atom. The largest absolute Gasteiger partial charge is 0.374 e. The van der Waals surface area contributed by atoms with Crippen molar-refractivity contribution in [2.24, 2.45) is 5.41 Å². The second-order valence-electron chi connectivity index (χ2n) is 6.09. The number of ether oxygens (including phenoxy) is 1. The Labute approximate surface area is 127 Å². The van der Waals surface area contributed by atoms with Gasteiger partial charge in [0.25, 0.3) is 0 Å². The minimum absolute atomic E-state index is 0.406. The van der Waals surface area contributed by atoms with Crippen LogP contribution in [0.2, 0.25) is 0 Å². The van der Waals surface area contributed by atoms with E-state index in [0.717, 1.165) is 30.5 Å². The maximum Gasteiger partial charge on any atom is 0.158 e. The topological polar surface area (TPSA) is 59.1 Å².